The summed E-state index contributed by atoms with van der Waals surface area (Å²) in [6.07, 6.45) is -0.556. The zero-order chi connectivity index (χ0) is 18.6. The van der Waals surface area contributed by atoms with Crippen molar-refractivity contribution in [1.82, 2.24) is 9.88 Å². The van der Waals surface area contributed by atoms with E-state index in [1.807, 2.05) is 55.6 Å². The quantitative estimate of drug-likeness (QED) is 0.519. The molecule has 0 aliphatic rings. The maximum absolute atomic E-state index is 10.4. The van der Waals surface area contributed by atoms with Crippen molar-refractivity contribution in [3.63, 3.8) is 0 Å². The molecular formula is C23H24N2O2. The molecule has 0 aliphatic carbocycles. The van der Waals surface area contributed by atoms with Gasteiger partial charge in [-0.2, -0.15) is 0 Å². The minimum Gasteiger partial charge on any atom is -0.490 e. The zero-order valence-electron chi connectivity index (χ0n) is 15.4. The molecule has 0 fully saturated rings. The lowest BCUT2D eigenvalue weighted by Crippen LogP contribution is -2.32. The molecule has 0 saturated carbocycles. The molecule has 1 aromatic heterocycles. The van der Waals surface area contributed by atoms with E-state index in [1.54, 1.807) is 0 Å². The first-order valence-electron chi connectivity index (χ1n) is 9.23. The normalized spacial score (nSPS) is 12.7. The Kier molecular flexibility index (Phi) is 5.10. The Bertz CT molecular complexity index is 1030. The summed E-state index contributed by atoms with van der Waals surface area (Å²) in [5.74, 6) is 0.801. The standard InChI is InChI=1S/C23H24N2O2/c1-25(14-17-8-3-2-4-9-17)15-18(26)16-27-22-13-7-12-21-23(22)19-10-5-6-11-20(19)24-21/h2-13,18,24,26H,14-16H2,1H3. The summed E-state index contributed by atoms with van der Waals surface area (Å²) in [4.78, 5) is 5.52. The van der Waals surface area contributed by atoms with Crippen LogP contribution in [0.3, 0.4) is 0 Å². The minimum absolute atomic E-state index is 0.262. The summed E-state index contributed by atoms with van der Waals surface area (Å²) >= 11 is 0. The fourth-order valence-electron chi connectivity index (χ4n) is 3.55. The summed E-state index contributed by atoms with van der Waals surface area (Å²) in [5.41, 5.74) is 3.37. The molecule has 0 radical (unpaired) electrons. The highest BCUT2D eigenvalue weighted by atomic mass is 16.5. The van der Waals surface area contributed by atoms with Crippen LogP contribution in [-0.4, -0.2) is 41.3 Å². The van der Waals surface area contributed by atoms with Gasteiger partial charge in [-0.05, 0) is 30.8 Å². The number of hydrogen-bond donors (Lipinski definition) is 2. The Morgan fingerprint density at radius 2 is 1.67 bits per heavy atom. The van der Waals surface area contributed by atoms with Gasteiger partial charge in [0, 0.05) is 29.4 Å². The summed E-state index contributed by atoms with van der Waals surface area (Å²) < 4.78 is 6.00. The fourth-order valence-corrected chi connectivity index (χ4v) is 3.55. The van der Waals surface area contributed by atoms with Crippen molar-refractivity contribution >= 4 is 21.8 Å². The van der Waals surface area contributed by atoms with Gasteiger partial charge in [0.25, 0.3) is 0 Å². The number of aromatic amines is 1. The molecule has 4 aromatic rings. The molecule has 0 saturated heterocycles. The van der Waals surface area contributed by atoms with Crippen molar-refractivity contribution in [2.24, 2.45) is 0 Å². The SMILES string of the molecule is CN(Cc1ccccc1)CC(O)COc1cccc2[nH]c3ccccc3c12. The van der Waals surface area contributed by atoms with E-state index in [1.165, 1.54) is 5.56 Å². The van der Waals surface area contributed by atoms with Gasteiger partial charge in [-0.15, -0.1) is 0 Å². The maximum atomic E-state index is 10.4. The Morgan fingerprint density at radius 3 is 2.52 bits per heavy atom. The Morgan fingerprint density at radius 1 is 0.926 bits per heavy atom. The van der Waals surface area contributed by atoms with Gasteiger partial charge in [-0.3, -0.25) is 4.90 Å². The van der Waals surface area contributed by atoms with E-state index in [9.17, 15) is 5.11 Å². The van der Waals surface area contributed by atoms with Crippen LogP contribution >= 0.6 is 0 Å². The number of hydrogen-bond acceptors (Lipinski definition) is 3. The van der Waals surface area contributed by atoms with E-state index in [0.29, 0.717) is 6.54 Å². The third-order valence-corrected chi connectivity index (χ3v) is 4.74. The predicted octanol–water partition coefficient (Wildman–Crippen LogP) is 4.19. The summed E-state index contributed by atoms with van der Waals surface area (Å²) in [5, 5.41) is 12.6. The number of para-hydroxylation sites is 1. The molecule has 138 valence electrons. The zero-order valence-corrected chi connectivity index (χ0v) is 15.4. The largest absolute Gasteiger partial charge is 0.490 e. The first-order chi connectivity index (χ1) is 13.2. The molecular weight excluding hydrogens is 336 g/mol. The molecule has 27 heavy (non-hydrogen) atoms. The summed E-state index contributed by atoms with van der Waals surface area (Å²) in [7, 11) is 2.01. The third-order valence-electron chi connectivity index (χ3n) is 4.74. The molecule has 4 rings (SSSR count). The van der Waals surface area contributed by atoms with Crippen molar-refractivity contribution in [3.05, 3.63) is 78.4 Å². The highest BCUT2D eigenvalue weighted by molar-refractivity contribution is 6.10. The van der Waals surface area contributed by atoms with Crippen LogP contribution in [0.15, 0.2) is 72.8 Å². The Hall–Kier alpha value is -2.82. The van der Waals surface area contributed by atoms with Crippen LogP contribution in [0, 0.1) is 0 Å². The number of H-pyrrole nitrogens is 1. The predicted molar refractivity (Wildman–Crippen MR) is 110 cm³/mol. The molecule has 2 N–H and O–H groups in total. The number of ether oxygens (including phenoxy) is 1. The molecule has 1 unspecified atom stereocenters. The lowest BCUT2D eigenvalue weighted by Gasteiger charge is -2.21. The van der Waals surface area contributed by atoms with Gasteiger partial charge < -0.3 is 14.8 Å². The van der Waals surface area contributed by atoms with Gasteiger partial charge in [0.15, 0.2) is 0 Å². The van der Waals surface area contributed by atoms with Crippen LogP contribution in [-0.2, 0) is 6.54 Å². The van der Waals surface area contributed by atoms with Crippen molar-refractivity contribution < 1.29 is 9.84 Å². The van der Waals surface area contributed by atoms with Crippen LogP contribution in [0.4, 0.5) is 0 Å². The van der Waals surface area contributed by atoms with Crippen LogP contribution in [0.2, 0.25) is 0 Å². The smallest absolute Gasteiger partial charge is 0.129 e. The van der Waals surface area contributed by atoms with Gasteiger partial charge in [-0.25, -0.2) is 0 Å². The molecule has 1 atom stereocenters. The van der Waals surface area contributed by atoms with E-state index >= 15 is 0 Å². The van der Waals surface area contributed by atoms with Crippen molar-refractivity contribution in [2.45, 2.75) is 12.6 Å². The maximum Gasteiger partial charge on any atom is 0.129 e. The number of aliphatic hydroxyl groups is 1. The van der Waals surface area contributed by atoms with E-state index in [-0.39, 0.29) is 6.61 Å². The molecule has 0 amide bonds. The molecule has 1 heterocycles. The number of nitrogens with zero attached hydrogens (tertiary/aromatic N) is 1. The number of nitrogens with one attached hydrogen (secondary N) is 1. The van der Waals surface area contributed by atoms with Crippen LogP contribution in [0.25, 0.3) is 21.8 Å². The summed E-state index contributed by atoms with van der Waals surface area (Å²) in [6, 6.07) is 24.4. The lowest BCUT2D eigenvalue weighted by molar-refractivity contribution is 0.0750. The van der Waals surface area contributed by atoms with E-state index in [0.717, 1.165) is 34.1 Å². The number of likely N-dealkylation sites (N-methyl/N-ethyl adjacent to an activating group) is 1. The molecule has 0 bridgehead atoms. The number of aliphatic hydroxyl groups excluding tert-OH is 1. The second-order valence-corrected chi connectivity index (χ2v) is 7.00. The van der Waals surface area contributed by atoms with Gasteiger partial charge in [0.05, 0.1) is 5.52 Å². The molecule has 3 aromatic carbocycles. The number of benzene rings is 3. The van der Waals surface area contributed by atoms with E-state index in [4.69, 9.17) is 4.74 Å². The molecule has 0 spiro atoms. The molecule has 4 nitrogen and oxygen atoms in total. The number of aromatic nitrogens is 1. The van der Waals surface area contributed by atoms with Crippen molar-refractivity contribution in [3.8, 4) is 5.75 Å². The van der Waals surface area contributed by atoms with E-state index < -0.39 is 6.10 Å². The van der Waals surface area contributed by atoms with Gasteiger partial charge >= 0.3 is 0 Å². The van der Waals surface area contributed by atoms with Crippen LogP contribution in [0.1, 0.15) is 5.56 Å². The Balaban J connectivity index is 1.42. The van der Waals surface area contributed by atoms with Crippen LogP contribution < -0.4 is 4.74 Å². The fraction of sp³-hybridized carbons (Fsp3) is 0.217. The number of fused-ring (bicyclic) bond motifs is 3. The van der Waals surface area contributed by atoms with Gasteiger partial charge in [0.1, 0.15) is 18.5 Å². The highest BCUT2D eigenvalue weighted by Gasteiger charge is 2.13. The Labute approximate surface area is 159 Å². The average Bonchev–Trinajstić information content (AvgIpc) is 3.06. The molecule has 0 aliphatic heterocycles. The third kappa shape index (κ3) is 3.97. The van der Waals surface area contributed by atoms with Crippen molar-refractivity contribution in [1.29, 1.82) is 0 Å². The topological polar surface area (TPSA) is 48.5 Å². The number of rotatable bonds is 7. The first-order valence-corrected chi connectivity index (χ1v) is 9.23. The van der Waals surface area contributed by atoms with Gasteiger partial charge in [0.2, 0.25) is 0 Å². The van der Waals surface area contributed by atoms with Crippen molar-refractivity contribution in [2.75, 3.05) is 20.2 Å². The van der Waals surface area contributed by atoms with Crippen LogP contribution in [0.5, 0.6) is 5.75 Å². The average molecular weight is 360 g/mol. The highest BCUT2D eigenvalue weighted by Crippen LogP contribution is 2.32. The van der Waals surface area contributed by atoms with Gasteiger partial charge in [-0.1, -0.05) is 54.6 Å². The minimum atomic E-state index is -0.556. The first kappa shape index (κ1) is 17.6. The second-order valence-electron chi connectivity index (χ2n) is 7.00. The monoisotopic (exact) mass is 360 g/mol. The lowest BCUT2D eigenvalue weighted by atomic mass is 10.1. The second kappa shape index (κ2) is 7.82. The van der Waals surface area contributed by atoms with E-state index in [2.05, 4.69) is 34.1 Å². The molecule has 4 heteroatoms. The summed E-state index contributed by atoms with van der Waals surface area (Å²) in [6.45, 7) is 1.62.